The van der Waals surface area contributed by atoms with Gasteiger partial charge in [-0.05, 0) is 31.1 Å². The first-order chi connectivity index (χ1) is 13.1. The van der Waals surface area contributed by atoms with E-state index in [4.69, 9.17) is 0 Å². The number of halogens is 1. The number of carbonyl (C=O) groups is 2. The molecule has 0 atom stereocenters. The highest BCUT2D eigenvalue weighted by Crippen LogP contribution is 2.31. The SMILES string of the molecule is CC(=O)N(c1nc(C=CC(=O)N2CCCCCC2)cs1)c1ccccc1F. The molecule has 0 unspecified atom stereocenters. The van der Waals surface area contributed by atoms with E-state index in [-0.39, 0.29) is 17.5 Å². The van der Waals surface area contributed by atoms with Crippen LogP contribution in [0.2, 0.25) is 0 Å². The number of para-hydroxylation sites is 1. The number of benzene rings is 1. The second-order valence-corrected chi connectivity index (χ2v) is 7.27. The van der Waals surface area contributed by atoms with E-state index in [1.54, 1.807) is 23.6 Å². The summed E-state index contributed by atoms with van der Waals surface area (Å²) < 4.78 is 14.1. The molecule has 0 N–H and O–H groups in total. The molecule has 142 valence electrons. The molecule has 0 bridgehead atoms. The molecule has 3 rings (SSSR count). The summed E-state index contributed by atoms with van der Waals surface area (Å²) in [7, 11) is 0. The lowest BCUT2D eigenvalue weighted by molar-refractivity contribution is -0.125. The molecule has 2 aromatic rings. The van der Waals surface area contributed by atoms with Crippen LogP contribution in [0.5, 0.6) is 0 Å². The normalized spacial score (nSPS) is 15.0. The van der Waals surface area contributed by atoms with Gasteiger partial charge in [0.15, 0.2) is 5.13 Å². The number of aromatic nitrogens is 1. The van der Waals surface area contributed by atoms with Crippen molar-refractivity contribution in [3.05, 3.63) is 47.2 Å². The lowest BCUT2D eigenvalue weighted by Gasteiger charge is -2.18. The summed E-state index contributed by atoms with van der Waals surface area (Å²) in [5, 5.41) is 2.12. The second-order valence-electron chi connectivity index (χ2n) is 6.43. The van der Waals surface area contributed by atoms with Crippen molar-refractivity contribution in [1.29, 1.82) is 0 Å². The summed E-state index contributed by atoms with van der Waals surface area (Å²) in [6.45, 7) is 2.94. The first-order valence-electron chi connectivity index (χ1n) is 9.04. The third-order valence-corrected chi connectivity index (χ3v) is 5.27. The lowest BCUT2D eigenvalue weighted by Crippen LogP contribution is -2.30. The minimum atomic E-state index is -0.490. The van der Waals surface area contributed by atoms with Gasteiger partial charge in [-0.2, -0.15) is 0 Å². The molecule has 1 fully saturated rings. The maximum Gasteiger partial charge on any atom is 0.246 e. The number of hydrogen-bond acceptors (Lipinski definition) is 4. The third-order valence-electron chi connectivity index (χ3n) is 4.42. The minimum absolute atomic E-state index is 0.0241. The molecular weight excluding hydrogens is 365 g/mol. The Kier molecular flexibility index (Phi) is 6.34. The van der Waals surface area contributed by atoms with Crippen LogP contribution in [0.15, 0.2) is 35.7 Å². The van der Waals surface area contributed by atoms with Crippen LogP contribution < -0.4 is 4.90 Å². The number of hydrogen-bond donors (Lipinski definition) is 0. The zero-order chi connectivity index (χ0) is 19.2. The van der Waals surface area contributed by atoms with Crippen molar-refractivity contribution in [1.82, 2.24) is 9.88 Å². The van der Waals surface area contributed by atoms with E-state index in [1.807, 2.05) is 4.90 Å². The molecule has 5 nitrogen and oxygen atoms in total. The van der Waals surface area contributed by atoms with Gasteiger partial charge in [0.05, 0.1) is 11.4 Å². The van der Waals surface area contributed by atoms with E-state index in [0.29, 0.717) is 10.8 Å². The van der Waals surface area contributed by atoms with Crippen molar-refractivity contribution >= 4 is 40.0 Å². The number of amides is 2. The van der Waals surface area contributed by atoms with Crippen molar-refractivity contribution in [3.8, 4) is 0 Å². The van der Waals surface area contributed by atoms with Gasteiger partial charge in [-0.1, -0.05) is 25.0 Å². The van der Waals surface area contributed by atoms with Crippen LogP contribution in [-0.4, -0.2) is 34.8 Å². The van der Waals surface area contributed by atoms with E-state index in [9.17, 15) is 14.0 Å². The van der Waals surface area contributed by atoms with Crippen LogP contribution in [-0.2, 0) is 9.59 Å². The number of carbonyl (C=O) groups excluding carboxylic acids is 2. The standard InChI is InChI=1S/C20H22FN3O2S/c1-15(25)24(18-9-5-4-8-17(18)21)20-22-16(14-27-20)10-11-19(26)23-12-6-2-3-7-13-23/h4-5,8-11,14H,2-3,6-7,12-13H2,1H3. The predicted octanol–water partition coefficient (Wildman–Crippen LogP) is 4.38. The van der Waals surface area contributed by atoms with Gasteiger partial charge in [0.1, 0.15) is 5.82 Å². The Morgan fingerprint density at radius 3 is 2.56 bits per heavy atom. The Morgan fingerprint density at radius 1 is 1.19 bits per heavy atom. The highest BCUT2D eigenvalue weighted by Gasteiger charge is 2.20. The highest BCUT2D eigenvalue weighted by molar-refractivity contribution is 7.14. The molecule has 0 radical (unpaired) electrons. The van der Waals surface area contributed by atoms with Crippen LogP contribution in [0, 0.1) is 5.82 Å². The number of thiazole rings is 1. The topological polar surface area (TPSA) is 53.5 Å². The molecule has 1 aromatic heterocycles. The fourth-order valence-corrected chi connectivity index (χ4v) is 3.90. The van der Waals surface area contributed by atoms with Gasteiger partial charge in [0.2, 0.25) is 11.8 Å². The molecule has 0 spiro atoms. The number of nitrogens with zero attached hydrogens (tertiary/aromatic N) is 3. The summed E-state index contributed by atoms with van der Waals surface area (Å²) in [6.07, 6.45) is 7.57. The van der Waals surface area contributed by atoms with Gasteiger partial charge >= 0.3 is 0 Å². The maximum atomic E-state index is 14.1. The fourth-order valence-electron chi connectivity index (χ4n) is 3.05. The molecule has 2 amide bonds. The smallest absolute Gasteiger partial charge is 0.246 e. The molecule has 27 heavy (non-hydrogen) atoms. The molecule has 1 saturated heterocycles. The summed E-state index contributed by atoms with van der Waals surface area (Å²) in [4.78, 5) is 31.9. The van der Waals surface area contributed by atoms with Gasteiger partial charge in [-0.25, -0.2) is 9.37 Å². The summed E-state index contributed by atoms with van der Waals surface area (Å²) in [6, 6.07) is 6.08. The van der Waals surface area contributed by atoms with Crippen LogP contribution in [0.3, 0.4) is 0 Å². The number of anilines is 2. The summed E-state index contributed by atoms with van der Waals surface area (Å²) >= 11 is 1.23. The van der Waals surface area contributed by atoms with Crippen molar-refractivity contribution in [2.24, 2.45) is 0 Å². The second kappa shape index (κ2) is 8.90. The Hall–Kier alpha value is -2.54. The molecule has 0 saturated carbocycles. The van der Waals surface area contributed by atoms with Crippen LogP contribution in [0.25, 0.3) is 6.08 Å². The zero-order valence-corrected chi connectivity index (χ0v) is 16.0. The van der Waals surface area contributed by atoms with Crippen molar-refractivity contribution < 1.29 is 14.0 Å². The van der Waals surface area contributed by atoms with E-state index < -0.39 is 5.82 Å². The molecule has 1 aromatic carbocycles. The average molecular weight is 387 g/mol. The minimum Gasteiger partial charge on any atom is -0.339 e. The van der Waals surface area contributed by atoms with E-state index in [1.165, 1.54) is 54.2 Å². The maximum absolute atomic E-state index is 14.1. The van der Waals surface area contributed by atoms with Gasteiger partial charge in [-0.15, -0.1) is 11.3 Å². The zero-order valence-electron chi connectivity index (χ0n) is 15.2. The van der Waals surface area contributed by atoms with Crippen molar-refractivity contribution in [3.63, 3.8) is 0 Å². The third kappa shape index (κ3) is 4.80. The van der Waals surface area contributed by atoms with Crippen LogP contribution >= 0.6 is 11.3 Å². The molecule has 1 aliphatic rings. The van der Waals surface area contributed by atoms with Crippen molar-refractivity contribution in [2.45, 2.75) is 32.6 Å². The monoisotopic (exact) mass is 387 g/mol. The van der Waals surface area contributed by atoms with Gasteiger partial charge in [0, 0.05) is 31.5 Å². The fraction of sp³-hybridized carbons (Fsp3) is 0.350. The van der Waals surface area contributed by atoms with Gasteiger partial charge < -0.3 is 4.90 Å². The Morgan fingerprint density at radius 2 is 1.89 bits per heavy atom. The number of likely N-dealkylation sites (tertiary alicyclic amines) is 1. The number of rotatable bonds is 4. The highest BCUT2D eigenvalue weighted by atomic mass is 32.1. The van der Waals surface area contributed by atoms with Crippen LogP contribution in [0.4, 0.5) is 15.2 Å². The quantitative estimate of drug-likeness (QED) is 0.732. The first kappa shape index (κ1) is 19.2. The summed E-state index contributed by atoms with van der Waals surface area (Å²) in [5.41, 5.74) is 0.733. The van der Waals surface area contributed by atoms with Crippen molar-refractivity contribution in [2.75, 3.05) is 18.0 Å². The molecule has 2 heterocycles. The Balaban J connectivity index is 1.75. The van der Waals surface area contributed by atoms with E-state index in [2.05, 4.69) is 4.98 Å². The average Bonchev–Trinajstić information content (AvgIpc) is 2.93. The lowest BCUT2D eigenvalue weighted by atomic mass is 10.2. The predicted molar refractivity (Wildman–Crippen MR) is 105 cm³/mol. The largest absolute Gasteiger partial charge is 0.339 e. The van der Waals surface area contributed by atoms with E-state index >= 15 is 0 Å². The van der Waals surface area contributed by atoms with Gasteiger partial charge in [-0.3, -0.25) is 14.5 Å². The first-order valence-corrected chi connectivity index (χ1v) is 9.92. The Labute approximate surface area is 162 Å². The molecule has 1 aliphatic heterocycles. The van der Waals surface area contributed by atoms with E-state index in [0.717, 1.165) is 25.9 Å². The van der Waals surface area contributed by atoms with Crippen LogP contribution in [0.1, 0.15) is 38.3 Å². The molecule has 7 heteroatoms. The summed E-state index contributed by atoms with van der Waals surface area (Å²) in [5.74, 6) is -0.842. The van der Waals surface area contributed by atoms with Gasteiger partial charge in [0.25, 0.3) is 0 Å². The Bertz CT molecular complexity index is 841. The molecule has 0 aliphatic carbocycles. The molecular formula is C20H22FN3O2S.